The van der Waals surface area contributed by atoms with E-state index in [1.165, 1.54) is 33.7 Å². The monoisotopic (exact) mass is 990 g/mol. The van der Waals surface area contributed by atoms with Gasteiger partial charge in [0.15, 0.2) is 0 Å². The standard InChI is InChI=1S/C49H54ClF3N8O7S/c1-48(2)15-11-34(40(26-48)32-3-5-36(50)6-4-32)28-58-17-19-59(20-18-58)37-7-9-39(42(24-37)60-29-35(49(51,52)53)30-68-47-44(60)23-33-12-16-54-45(33)56-47)46(62)57-69(65,66)38-8-10-41(43(25-38)61(63)64)55-27-31-13-21-67-22-14-31/h3-10,12,16,23-25,31,35,55H,11,13-15,17-22,26-30H2,1-2H3,(H,54,56)(H,57,62)/t35-/m1/s1. The number of sulfonamides is 1. The number of hydrogen-bond donors (Lipinski definition) is 3. The van der Waals surface area contributed by atoms with Crippen LogP contribution in [0.5, 0.6) is 5.88 Å². The van der Waals surface area contributed by atoms with Crippen molar-refractivity contribution < 1.29 is 40.8 Å². The van der Waals surface area contributed by atoms with Gasteiger partial charge in [-0.2, -0.15) is 18.2 Å². The summed E-state index contributed by atoms with van der Waals surface area (Å²) in [5.74, 6) is -3.09. The molecule has 4 aliphatic rings. The Labute approximate surface area is 403 Å². The van der Waals surface area contributed by atoms with Crippen LogP contribution in [0.3, 0.4) is 0 Å². The Morgan fingerprint density at radius 3 is 2.48 bits per heavy atom. The number of aromatic amines is 1. The topological polar surface area (TPSA) is 175 Å². The zero-order chi connectivity index (χ0) is 48.7. The van der Waals surface area contributed by atoms with Gasteiger partial charge in [0, 0.05) is 87.4 Å². The Bertz CT molecular complexity index is 2880. The predicted molar refractivity (Wildman–Crippen MR) is 259 cm³/mol. The summed E-state index contributed by atoms with van der Waals surface area (Å²) in [5, 5.41) is 16.5. The molecule has 1 aliphatic carbocycles. The lowest BCUT2D eigenvalue weighted by molar-refractivity contribution is -0.384. The fourth-order valence-electron chi connectivity index (χ4n) is 9.68. The molecule has 0 spiro atoms. The Hall–Kier alpha value is -5.89. The average Bonchev–Trinajstić information content (AvgIpc) is 3.70. The minimum atomic E-state index is -4.78. The Morgan fingerprint density at radius 2 is 1.75 bits per heavy atom. The van der Waals surface area contributed by atoms with Gasteiger partial charge in [0.05, 0.1) is 21.1 Å². The molecule has 1 atom stereocenters. The van der Waals surface area contributed by atoms with Crippen molar-refractivity contribution in [3.63, 3.8) is 0 Å². The van der Waals surface area contributed by atoms with E-state index >= 15 is 0 Å². The minimum absolute atomic E-state index is 0.0125. The minimum Gasteiger partial charge on any atom is -0.475 e. The molecule has 69 heavy (non-hydrogen) atoms. The Morgan fingerprint density at radius 1 is 1.00 bits per heavy atom. The third-order valence-corrected chi connectivity index (χ3v) is 15.3. The van der Waals surface area contributed by atoms with Crippen molar-refractivity contribution in [2.45, 2.75) is 57.0 Å². The number of ether oxygens (including phenoxy) is 2. The van der Waals surface area contributed by atoms with Crippen LogP contribution in [0.1, 0.15) is 61.9 Å². The Balaban J connectivity index is 1.03. The first-order valence-corrected chi connectivity index (χ1v) is 25.0. The average molecular weight is 992 g/mol. The molecular formula is C49H54ClF3N8O7S. The fourth-order valence-corrected chi connectivity index (χ4v) is 10.8. The molecule has 366 valence electrons. The third-order valence-electron chi connectivity index (χ3n) is 13.7. The summed E-state index contributed by atoms with van der Waals surface area (Å²) in [6, 6.07) is 19.3. The highest BCUT2D eigenvalue weighted by Gasteiger charge is 2.44. The van der Waals surface area contributed by atoms with Gasteiger partial charge in [-0.05, 0) is 109 Å². The zero-order valence-corrected chi connectivity index (χ0v) is 39.9. The van der Waals surface area contributed by atoms with E-state index in [1.54, 1.807) is 30.5 Å². The summed E-state index contributed by atoms with van der Waals surface area (Å²) in [6.07, 6.45) is 1.42. The lowest BCUT2D eigenvalue weighted by Gasteiger charge is -2.39. The SMILES string of the molecule is CC1(C)CCC(CN2CCN(c3ccc(C(=O)NS(=O)(=O)c4ccc(NCC5CCOCC5)c([N+](=O)[O-])c4)c(N4C[C@@H](C(F)(F)F)COc5nc6[nH]ccc6cc54)c3)CC2)=C(c2ccc(Cl)cc2)C1. The van der Waals surface area contributed by atoms with Gasteiger partial charge in [0.1, 0.15) is 29.5 Å². The number of aromatic nitrogens is 2. The summed E-state index contributed by atoms with van der Waals surface area (Å²) in [6.45, 7) is 7.96. The van der Waals surface area contributed by atoms with E-state index < -0.39 is 56.7 Å². The van der Waals surface area contributed by atoms with Gasteiger partial charge in [0.25, 0.3) is 21.6 Å². The van der Waals surface area contributed by atoms with Crippen LogP contribution in [0.2, 0.25) is 5.02 Å². The number of allylic oxidation sites excluding steroid dienone is 1. The van der Waals surface area contributed by atoms with Crippen molar-refractivity contribution in [2.75, 3.05) is 80.8 Å². The molecule has 5 heterocycles. The molecule has 0 unspecified atom stereocenters. The summed E-state index contributed by atoms with van der Waals surface area (Å²) >= 11 is 6.25. The number of alkyl halides is 3. The van der Waals surface area contributed by atoms with Crippen molar-refractivity contribution in [3.05, 3.63) is 111 Å². The Kier molecular flexibility index (Phi) is 13.6. The molecule has 5 aromatic rings. The molecule has 2 saturated heterocycles. The first-order chi connectivity index (χ1) is 32.9. The summed E-state index contributed by atoms with van der Waals surface area (Å²) in [5.41, 5.74) is 4.51. The van der Waals surface area contributed by atoms with Gasteiger partial charge in [-0.25, -0.2) is 13.1 Å². The molecule has 0 bridgehead atoms. The maximum absolute atomic E-state index is 14.8. The number of fused-ring (bicyclic) bond motifs is 2. The highest BCUT2D eigenvalue weighted by atomic mass is 35.5. The normalized spacial score (nSPS) is 19.5. The second kappa shape index (κ2) is 19.5. The highest BCUT2D eigenvalue weighted by Crippen LogP contribution is 2.45. The lowest BCUT2D eigenvalue weighted by atomic mass is 9.72. The second-order valence-electron chi connectivity index (χ2n) is 19.1. The van der Waals surface area contributed by atoms with Crippen molar-refractivity contribution in [3.8, 4) is 5.88 Å². The number of anilines is 4. The van der Waals surface area contributed by atoms with E-state index in [0.29, 0.717) is 67.7 Å². The van der Waals surface area contributed by atoms with E-state index in [9.17, 15) is 36.5 Å². The molecule has 9 rings (SSSR count). The van der Waals surface area contributed by atoms with Crippen molar-refractivity contribution in [1.82, 2.24) is 19.6 Å². The molecule has 1 amide bonds. The number of nitrogens with one attached hydrogen (secondary N) is 3. The summed E-state index contributed by atoms with van der Waals surface area (Å²) in [7, 11) is -4.78. The van der Waals surface area contributed by atoms with Crippen LogP contribution < -0.4 is 24.6 Å². The van der Waals surface area contributed by atoms with Crippen molar-refractivity contribution in [2.24, 2.45) is 17.3 Å². The molecule has 0 radical (unpaired) electrons. The quantitative estimate of drug-likeness (QED) is 0.0799. The number of H-pyrrole nitrogens is 1. The molecule has 0 saturated carbocycles. The van der Waals surface area contributed by atoms with E-state index in [0.717, 1.165) is 50.8 Å². The van der Waals surface area contributed by atoms with Crippen LogP contribution in [0.4, 0.5) is 41.6 Å². The number of pyridine rings is 1. The molecule has 3 aromatic carbocycles. The van der Waals surface area contributed by atoms with Crippen LogP contribution in [0.25, 0.3) is 16.6 Å². The van der Waals surface area contributed by atoms with Gasteiger partial charge in [-0.15, -0.1) is 0 Å². The molecule has 2 fully saturated rings. The predicted octanol–water partition coefficient (Wildman–Crippen LogP) is 9.58. The maximum Gasteiger partial charge on any atom is 0.396 e. The third kappa shape index (κ3) is 10.8. The number of carbonyl (C=O) groups excluding carboxylic acids is 1. The molecule has 2 aromatic heterocycles. The lowest BCUT2D eigenvalue weighted by Crippen LogP contribution is -2.47. The molecule has 3 N–H and O–H groups in total. The highest BCUT2D eigenvalue weighted by molar-refractivity contribution is 7.90. The van der Waals surface area contributed by atoms with E-state index in [1.807, 2.05) is 12.1 Å². The van der Waals surface area contributed by atoms with Crippen LogP contribution in [-0.4, -0.2) is 106 Å². The van der Waals surface area contributed by atoms with Crippen LogP contribution in [0, 0.1) is 27.4 Å². The number of hydrogen-bond acceptors (Lipinski definition) is 12. The number of rotatable bonds is 12. The largest absolute Gasteiger partial charge is 0.475 e. The number of benzene rings is 3. The molecular weight excluding hydrogens is 937 g/mol. The van der Waals surface area contributed by atoms with Crippen molar-refractivity contribution in [1.29, 1.82) is 0 Å². The first kappa shape index (κ1) is 48.1. The molecule has 3 aliphatic heterocycles. The number of amides is 1. The smallest absolute Gasteiger partial charge is 0.396 e. The summed E-state index contributed by atoms with van der Waals surface area (Å²) in [4.78, 5) is 38.7. The van der Waals surface area contributed by atoms with Crippen LogP contribution in [-0.2, 0) is 14.8 Å². The molecule has 20 heteroatoms. The number of carbonyl (C=O) groups is 1. The van der Waals surface area contributed by atoms with Gasteiger partial charge in [-0.1, -0.05) is 43.2 Å². The van der Waals surface area contributed by atoms with E-state index in [2.05, 4.69) is 55.8 Å². The van der Waals surface area contributed by atoms with Gasteiger partial charge in [-0.3, -0.25) is 19.8 Å². The van der Waals surface area contributed by atoms with E-state index in [-0.39, 0.29) is 39.8 Å². The number of halogens is 4. The zero-order valence-electron chi connectivity index (χ0n) is 38.3. The van der Waals surface area contributed by atoms with E-state index in [4.69, 9.17) is 21.1 Å². The van der Waals surface area contributed by atoms with Gasteiger partial charge in [0.2, 0.25) is 5.88 Å². The number of nitro benzene ring substituents is 1. The number of nitrogens with zero attached hydrogens (tertiary/aromatic N) is 5. The fraction of sp³-hybridized carbons (Fsp3) is 0.429. The van der Waals surface area contributed by atoms with Crippen LogP contribution >= 0.6 is 11.6 Å². The number of piperazine rings is 1. The van der Waals surface area contributed by atoms with Crippen molar-refractivity contribution >= 4 is 72.6 Å². The second-order valence-corrected chi connectivity index (χ2v) is 21.2. The van der Waals surface area contributed by atoms with Gasteiger partial charge < -0.3 is 29.6 Å². The number of nitro groups is 1. The van der Waals surface area contributed by atoms with Crippen LogP contribution in [0.15, 0.2) is 89.5 Å². The molecule has 15 nitrogen and oxygen atoms in total. The first-order valence-electron chi connectivity index (χ1n) is 23.1. The van der Waals surface area contributed by atoms with Gasteiger partial charge >= 0.3 is 6.18 Å². The summed E-state index contributed by atoms with van der Waals surface area (Å²) < 4.78 is 85.4. The maximum atomic E-state index is 14.8.